The molecule has 0 fully saturated rings. The molecule has 1 rings (SSSR count). The van der Waals surface area contributed by atoms with Gasteiger partial charge in [-0.25, -0.2) is 0 Å². The van der Waals surface area contributed by atoms with Gasteiger partial charge in [0.05, 0.1) is 6.61 Å². The Morgan fingerprint density at radius 1 is 1.62 bits per heavy atom. The molecule has 2 nitrogen and oxygen atoms in total. The van der Waals surface area contributed by atoms with Gasteiger partial charge in [0.25, 0.3) is 0 Å². The highest BCUT2D eigenvalue weighted by molar-refractivity contribution is 5.26. The van der Waals surface area contributed by atoms with Gasteiger partial charge in [0, 0.05) is 0 Å². The van der Waals surface area contributed by atoms with Crippen molar-refractivity contribution in [3.05, 3.63) is 23.8 Å². The largest absolute Gasteiger partial charge is 0.392 e. The summed E-state index contributed by atoms with van der Waals surface area (Å²) in [7, 11) is 1.98. The second-order valence-corrected chi connectivity index (χ2v) is 3.98. The van der Waals surface area contributed by atoms with Crippen LogP contribution in [-0.2, 0) is 0 Å². The van der Waals surface area contributed by atoms with Crippen molar-refractivity contribution in [1.29, 1.82) is 0 Å². The van der Waals surface area contributed by atoms with Crippen molar-refractivity contribution in [3.63, 3.8) is 0 Å². The molecule has 0 aromatic heterocycles. The average Bonchev–Trinajstić information content (AvgIpc) is 2.16. The van der Waals surface area contributed by atoms with E-state index >= 15 is 0 Å². The first-order valence-corrected chi connectivity index (χ1v) is 4.84. The van der Waals surface area contributed by atoms with Crippen molar-refractivity contribution in [2.75, 3.05) is 20.2 Å². The molecule has 13 heavy (non-hydrogen) atoms. The highest BCUT2D eigenvalue weighted by Crippen LogP contribution is 2.32. The van der Waals surface area contributed by atoms with E-state index in [9.17, 15) is 0 Å². The summed E-state index contributed by atoms with van der Waals surface area (Å²) in [4.78, 5) is 0. The summed E-state index contributed by atoms with van der Waals surface area (Å²) in [6.07, 6.45) is 8.58. The van der Waals surface area contributed by atoms with Crippen LogP contribution < -0.4 is 5.32 Å². The third-order valence-electron chi connectivity index (χ3n) is 2.66. The van der Waals surface area contributed by atoms with Gasteiger partial charge in [0.2, 0.25) is 0 Å². The molecule has 74 valence electrons. The summed E-state index contributed by atoms with van der Waals surface area (Å²) >= 11 is 0. The van der Waals surface area contributed by atoms with Gasteiger partial charge in [-0.05, 0) is 37.4 Å². The van der Waals surface area contributed by atoms with Crippen LogP contribution in [0.4, 0.5) is 0 Å². The first kappa shape index (κ1) is 10.5. The zero-order chi connectivity index (χ0) is 9.73. The topological polar surface area (TPSA) is 32.3 Å². The van der Waals surface area contributed by atoms with E-state index in [0.29, 0.717) is 0 Å². The summed E-state index contributed by atoms with van der Waals surface area (Å²) < 4.78 is 0. The normalized spacial score (nSPS) is 27.5. The van der Waals surface area contributed by atoms with Crippen molar-refractivity contribution in [2.45, 2.75) is 19.8 Å². The van der Waals surface area contributed by atoms with Gasteiger partial charge in [-0.1, -0.05) is 25.2 Å². The highest BCUT2D eigenvalue weighted by atomic mass is 16.3. The Morgan fingerprint density at radius 3 is 2.85 bits per heavy atom. The molecule has 1 atom stereocenters. The van der Waals surface area contributed by atoms with Gasteiger partial charge in [0.15, 0.2) is 0 Å². The van der Waals surface area contributed by atoms with E-state index in [4.69, 9.17) is 5.11 Å². The fraction of sp³-hybridized carbons (Fsp3) is 0.636. The highest BCUT2D eigenvalue weighted by Gasteiger charge is 2.21. The molecule has 0 bridgehead atoms. The number of hydrogen-bond donors (Lipinski definition) is 2. The molecule has 0 aliphatic heterocycles. The predicted molar refractivity (Wildman–Crippen MR) is 55.6 cm³/mol. The van der Waals surface area contributed by atoms with E-state index in [1.807, 2.05) is 13.1 Å². The maximum absolute atomic E-state index is 8.91. The zero-order valence-corrected chi connectivity index (χ0v) is 8.51. The van der Waals surface area contributed by atoms with Crippen molar-refractivity contribution >= 4 is 0 Å². The summed E-state index contributed by atoms with van der Waals surface area (Å²) in [5, 5.41) is 12.1. The minimum Gasteiger partial charge on any atom is -0.392 e. The Morgan fingerprint density at radius 2 is 2.38 bits per heavy atom. The summed E-state index contributed by atoms with van der Waals surface area (Å²) in [6, 6.07) is 0. The molecule has 2 heteroatoms. The van der Waals surface area contributed by atoms with E-state index in [1.165, 1.54) is 0 Å². The van der Waals surface area contributed by atoms with E-state index < -0.39 is 0 Å². The Kier molecular flexibility index (Phi) is 3.70. The fourth-order valence-electron chi connectivity index (χ4n) is 1.52. The van der Waals surface area contributed by atoms with Gasteiger partial charge in [-0.3, -0.25) is 0 Å². The van der Waals surface area contributed by atoms with Crippen LogP contribution in [0.5, 0.6) is 0 Å². The van der Waals surface area contributed by atoms with Gasteiger partial charge < -0.3 is 10.4 Å². The number of hydrogen-bond acceptors (Lipinski definition) is 2. The molecular weight excluding hydrogens is 162 g/mol. The predicted octanol–water partition coefficient (Wildman–Crippen LogP) is 1.48. The SMILES string of the molecule is CNCCC1(C)C=CC(CO)=CC1. The van der Waals surface area contributed by atoms with E-state index in [1.54, 1.807) is 0 Å². The Balaban J connectivity index is 2.48. The van der Waals surface area contributed by atoms with Crippen LogP contribution in [0.3, 0.4) is 0 Å². The van der Waals surface area contributed by atoms with Crippen molar-refractivity contribution in [2.24, 2.45) is 5.41 Å². The third kappa shape index (κ3) is 2.98. The quantitative estimate of drug-likeness (QED) is 0.688. The molecule has 1 aliphatic rings. The summed E-state index contributed by atoms with van der Waals surface area (Å²) in [5.74, 6) is 0. The fourth-order valence-corrected chi connectivity index (χ4v) is 1.52. The van der Waals surface area contributed by atoms with E-state index in [2.05, 4.69) is 24.4 Å². The van der Waals surface area contributed by atoms with E-state index in [0.717, 1.165) is 25.0 Å². The molecule has 0 aromatic rings. The lowest BCUT2D eigenvalue weighted by atomic mass is 9.79. The second kappa shape index (κ2) is 4.58. The lowest BCUT2D eigenvalue weighted by Crippen LogP contribution is -2.21. The van der Waals surface area contributed by atoms with Gasteiger partial charge in [-0.15, -0.1) is 0 Å². The third-order valence-corrected chi connectivity index (χ3v) is 2.66. The lowest BCUT2D eigenvalue weighted by Gasteiger charge is -2.27. The zero-order valence-electron chi connectivity index (χ0n) is 8.51. The van der Waals surface area contributed by atoms with Crippen LogP contribution in [-0.4, -0.2) is 25.3 Å². The van der Waals surface area contributed by atoms with Gasteiger partial charge >= 0.3 is 0 Å². The molecule has 2 N–H and O–H groups in total. The number of aliphatic hydroxyl groups is 1. The molecule has 0 spiro atoms. The number of rotatable bonds is 4. The Labute approximate surface area is 80.3 Å². The first-order valence-electron chi connectivity index (χ1n) is 4.84. The number of nitrogens with one attached hydrogen (secondary N) is 1. The maximum atomic E-state index is 8.91. The first-order chi connectivity index (χ1) is 6.20. The molecular formula is C11H19NO. The maximum Gasteiger partial charge on any atom is 0.0678 e. The summed E-state index contributed by atoms with van der Waals surface area (Å²) in [5.41, 5.74) is 1.32. The number of allylic oxidation sites excluding steroid dienone is 2. The van der Waals surface area contributed by atoms with Crippen LogP contribution >= 0.6 is 0 Å². The smallest absolute Gasteiger partial charge is 0.0678 e. The second-order valence-electron chi connectivity index (χ2n) is 3.98. The Hall–Kier alpha value is -0.600. The molecule has 0 saturated carbocycles. The minimum absolute atomic E-state index is 0.165. The Bertz CT molecular complexity index is 220. The standard InChI is InChI=1S/C11H19NO/c1-11(7-8-12-2)5-3-10(9-13)4-6-11/h3-5,12-13H,6-9H2,1-2H3. The average molecular weight is 181 g/mol. The molecule has 0 saturated heterocycles. The monoisotopic (exact) mass is 181 g/mol. The minimum atomic E-state index is 0.165. The molecule has 1 aliphatic carbocycles. The van der Waals surface area contributed by atoms with Crippen molar-refractivity contribution in [3.8, 4) is 0 Å². The van der Waals surface area contributed by atoms with E-state index in [-0.39, 0.29) is 12.0 Å². The molecule has 0 radical (unpaired) electrons. The summed E-state index contributed by atoms with van der Waals surface area (Å²) in [6.45, 7) is 3.47. The lowest BCUT2D eigenvalue weighted by molar-refractivity contribution is 0.328. The molecule has 0 aromatic carbocycles. The molecule has 1 unspecified atom stereocenters. The molecule has 0 amide bonds. The van der Waals surface area contributed by atoms with Crippen LogP contribution in [0.15, 0.2) is 23.8 Å². The van der Waals surface area contributed by atoms with Crippen LogP contribution in [0, 0.1) is 5.41 Å². The molecule has 0 heterocycles. The van der Waals surface area contributed by atoms with Crippen LogP contribution in [0.2, 0.25) is 0 Å². The van der Waals surface area contributed by atoms with Gasteiger partial charge in [0.1, 0.15) is 0 Å². The van der Waals surface area contributed by atoms with Crippen LogP contribution in [0.25, 0.3) is 0 Å². The van der Waals surface area contributed by atoms with Gasteiger partial charge in [-0.2, -0.15) is 0 Å². The van der Waals surface area contributed by atoms with Crippen LogP contribution in [0.1, 0.15) is 19.8 Å². The van der Waals surface area contributed by atoms with Crippen molar-refractivity contribution < 1.29 is 5.11 Å². The number of aliphatic hydroxyl groups excluding tert-OH is 1. The van der Waals surface area contributed by atoms with Crippen molar-refractivity contribution in [1.82, 2.24) is 5.32 Å².